The van der Waals surface area contributed by atoms with Crippen LogP contribution in [0.2, 0.25) is 0 Å². The van der Waals surface area contributed by atoms with Crippen molar-refractivity contribution in [2.24, 2.45) is 5.73 Å². The van der Waals surface area contributed by atoms with Gasteiger partial charge in [-0.05, 0) is 0 Å². The molecule has 1 fully saturated rings. The molecule has 1 amide bonds. The van der Waals surface area contributed by atoms with Crippen LogP contribution in [0.25, 0.3) is 0 Å². The van der Waals surface area contributed by atoms with Crippen LogP contribution in [0.3, 0.4) is 0 Å². The number of nitrogens with one attached hydrogen (secondary N) is 2. The summed E-state index contributed by atoms with van der Waals surface area (Å²) >= 11 is 0. The highest BCUT2D eigenvalue weighted by Gasteiger charge is 2.53. The summed E-state index contributed by atoms with van der Waals surface area (Å²) in [6, 6.07) is 0. The summed E-state index contributed by atoms with van der Waals surface area (Å²) in [7, 11) is 0. The predicted molar refractivity (Wildman–Crippen MR) is 85.6 cm³/mol. The Morgan fingerprint density at radius 3 is 2.30 bits per heavy atom. The topological polar surface area (TPSA) is 172 Å². The largest absolute Gasteiger partial charge is 0.455 e. The number of amides is 1. The zero-order valence-corrected chi connectivity index (χ0v) is 14.8. The lowest BCUT2D eigenvalue weighted by atomic mass is 10.1. The molecule has 2 heterocycles. The molecular formula is C15H20N4O8. The minimum atomic E-state index is -1.33. The number of esters is 3. The predicted octanol–water partition coefficient (Wildman–Crippen LogP) is -1.42. The van der Waals surface area contributed by atoms with Gasteiger partial charge in [0.1, 0.15) is 5.69 Å². The molecule has 1 aromatic rings. The first-order chi connectivity index (χ1) is 12.7. The fourth-order valence-electron chi connectivity index (χ4n) is 2.56. The smallest absolute Gasteiger partial charge is 0.304 e. The van der Waals surface area contributed by atoms with Gasteiger partial charge < -0.3 is 29.2 Å². The fourth-order valence-corrected chi connectivity index (χ4v) is 2.56. The van der Waals surface area contributed by atoms with Crippen LogP contribution in [-0.2, 0) is 33.3 Å². The van der Waals surface area contributed by atoms with Crippen molar-refractivity contribution >= 4 is 23.8 Å². The molecule has 1 aliphatic rings. The first kappa shape index (κ1) is 20.3. The number of aromatic nitrogens is 2. The number of carbonyl (C=O) groups is 4. The Morgan fingerprint density at radius 2 is 1.78 bits per heavy atom. The molecule has 1 saturated heterocycles. The molecule has 0 spiro atoms. The highest BCUT2D eigenvalue weighted by molar-refractivity contribution is 5.92. The number of nitrogens with zero attached hydrogens (tertiary/aromatic N) is 1. The van der Waals surface area contributed by atoms with Crippen LogP contribution in [-0.4, -0.2) is 64.6 Å². The number of imidazole rings is 1. The molecule has 12 nitrogen and oxygen atoms in total. The second kappa shape index (κ2) is 8.60. The van der Waals surface area contributed by atoms with Crippen LogP contribution in [0.5, 0.6) is 0 Å². The van der Waals surface area contributed by atoms with Gasteiger partial charge in [0.2, 0.25) is 0 Å². The van der Waals surface area contributed by atoms with E-state index in [0.717, 1.165) is 20.8 Å². The van der Waals surface area contributed by atoms with E-state index in [4.69, 9.17) is 24.7 Å². The molecular weight excluding hydrogens is 364 g/mol. The van der Waals surface area contributed by atoms with Gasteiger partial charge in [0.05, 0.1) is 12.5 Å². The monoisotopic (exact) mass is 384 g/mol. The SMILES string of the molecule is CC(=O)OC(N)[C@H]1O[C@@H](NC(=O)c2cnc[nH]2)[C@H](OC(C)=O)[C@@H]1OC(C)=O. The van der Waals surface area contributed by atoms with Gasteiger partial charge in [-0.15, -0.1) is 0 Å². The zero-order chi connectivity index (χ0) is 20.1. The Morgan fingerprint density at radius 1 is 1.15 bits per heavy atom. The summed E-state index contributed by atoms with van der Waals surface area (Å²) in [5.41, 5.74) is 5.92. The molecule has 5 atom stereocenters. The van der Waals surface area contributed by atoms with Gasteiger partial charge >= 0.3 is 17.9 Å². The first-order valence-electron chi connectivity index (χ1n) is 7.91. The van der Waals surface area contributed by atoms with Crippen LogP contribution in [0.4, 0.5) is 0 Å². The van der Waals surface area contributed by atoms with Crippen molar-refractivity contribution in [1.82, 2.24) is 15.3 Å². The van der Waals surface area contributed by atoms with Crippen LogP contribution >= 0.6 is 0 Å². The van der Waals surface area contributed by atoms with Gasteiger partial charge in [0.15, 0.2) is 30.8 Å². The molecule has 148 valence electrons. The van der Waals surface area contributed by atoms with Crippen molar-refractivity contribution in [3.05, 3.63) is 18.2 Å². The Bertz CT molecular complexity index is 707. The summed E-state index contributed by atoms with van der Waals surface area (Å²) in [6.45, 7) is 3.41. The molecule has 0 bridgehead atoms. The van der Waals surface area contributed by atoms with Crippen molar-refractivity contribution in [2.45, 2.75) is 51.5 Å². The lowest BCUT2D eigenvalue weighted by molar-refractivity contribution is -0.169. The molecule has 0 radical (unpaired) electrons. The number of rotatable bonds is 6. The van der Waals surface area contributed by atoms with E-state index in [1.807, 2.05) is 0 Å². The maximum Gasteiger partial charge on any atom is 0.304 e. The number of hydrogen-bond donors (Lipinski definition) is 3. The Balaban J connectivity index is 2.26. The van der Waals surface area contributed by atoms with Crippen LogP contribution in [0.15, 0.2) is 12.5 Å². The molecule has 27 heavy (non-hydrogen) atoms. The van der Waals surface area contributed by atoms with E-state index < -0.39 is 54.6 Å². The van der Waals surface area contributed by atoms with Gasteiger partial charge in [-0.3, -0.25) is 24.9 Å². The van der Waals surface area contributed by atoms with Gasteiger partial charge in [-0.25, -0.2) is 4.98 Å². The first-order valence-corrected chi connectivity index (χ1v) is 7.91. The third-order valence-corrected chi connectivity index (χ3v) is 3.50. The number of hydrogen-bond acceptors (Lipinski definition) is 10. The number of carbonyl (C=O) groups excluding carboxylic acids is 4. The Labute approximate surface area is 153 Å². The third-order valence-electron chi connectivity index (χ3n) is 3.50. The van der Waals surface area contributed by atoms with E-state index in [2.05, 4.69) is 15.3 Å². The zero-order valence-electron chi connectivity index (χ0n) is 14.8. The summed E-state index contributed by atoms with van der Waals surface area (Å²) in [6.07, 6.45) is -3.60. The Hall–Kier alpha value is -2.99. The maximum atomic E-state index is 12.2. The summed E-state index contributed by atoms with van der Waals surface area (Å²) in [5.74, 6) is -2.72. The van der Waals surface area contributed by atoms with E-state index in [1.165, 1.54) is 12.5 Å². The fraction of sp³-hybridized carbons (Fsp3) is 0.533. The molecule has 1 aliphatic heterocycles. The van der Waals surface area contributed by atoms with E-state index in [-0.39, 0.29) is 5.69 Å². The van der Waals surface area contributed by atoms with Crippen LogP contribution in [0.1, 0.15) is 31.3 Å². The second-order valence-electron chi connectivity index (χ2n) is 5.68. The number of ether oxygens (including phenoxy) is 4. The molecule has 0 aliphatic carbocycles. The number of H-pyrrole nitrogens is 1. The molecule has 1 unspecified atom stereocenters. The summed E-state index contributed by atoms with van der Waals surface area (Å²) < 4.78 is 20.8. The van der Waals surface area contributed by atoms with Crippen molar-refractivity contribution in [2.75, 3.05) is 0 Å². The van der Waals surface area contributed by atoms with Crippen LogP contribution in [0, 0.1) is 0 Å². The van der Waals surface area contributed by atoms with E-state index >= 15 is 0 Å². The van der Waals surface area contributed by atoms with Crippen molar-refractivity contribution in [3.63, 3.8) is 0 Å². The van der Waals surface area contributed by atoms with Crippen molar-refractivity contribution in [1.29, 1.82) is 0 Å². The van der Waals surface area contributed by atoms with E-state index in [1.54, 1.807) is 0 Å². The number of nitrogens with two attached hydrogens (primary N) is 1. The lowest BCUT2D eigenvalue weighted by Gasteiger charge is -2.25. The van der Waals surface area contributed by atoms with Gasteiger partial charge in [-0.1, -0.05) is 0 Å². The number of aromatic amines is 1. The molecule has 0 saturated carbocycles. The second-order valence-corrected chi connectivity index (χ2v) is 5.68. The average molecular weight is 384 g/mol. The molecule has 4 N–H and O–H groups in total. The normalized spacial score (nSPS) is 25.3. The highest BCUT2D eigenvalue weighted by atomic mass is 16.7. The minimum Gasteiger partial charge on any atom is -0.455 e. The van der Waals surface area contributed by atoms with Crippen molar-refractivity contribution in [3.8, 4) is 0 Å². The minimum absolute atomic E-state index is 0.122. The molecule has 12 heteroatoms. The third kappa shape index (κ3) is 5.24. The van der Waals surface area contributed by atoms with E-state index in [9.17, 15) is 19.2 Å². The average Bonchev–Trinajstić information content (AvgIpc) is 3.17. The molecule has 0 aromatic carbocycles. The van der Waals surface area contributed by atoms with Crippen molar-refractivity contribution < 1.29 is 38.1 Å². The van der Waals surface area contributed by atoms with E-state index in [0.29, 0.717) is 0 Å². The van der Waals surface area contributed by atoms with Gasteiger partial charge in [0.25, 0.3) is 5.91 Å². The molecule has 2 rings (SSSR count). The quantitative estimate of drug-likeness (QED) is 0.300. The Kier molecular flexibility index (Phi) is 6.47. The standard InChI is InChI=1S/C15H20N4O8/c1-6(20)24-10-11(13(16)26-8(3)22)27-15(12(10)25-7(2)21)19-14(23)9-4-17-5-18-9/h4-5,10-13,15H,16H2,1-3H3,(H,17,18)(H,19,23)/t10-,11+,12-,13?,15-/m1/s1. The van der Waals surface area contributed by atoms with Crippen LogP contribution < -0.4 is 11.1 Å². The highest BCUT2D eigenvalue weighted by Crippen LogP contribution is 2.28. The van der Waals surface area contributed by atoms with Gasteiger partial charge in [0, 0.05) is 20.8 Å². The maximum absolute atomic E-state index is 12.2. The van der Waals surface area contributed by atoms with Gasteiger partial charge in [-0.2, -0.15) is 0 Å². The molecule has 1 aromatic heterocycles. The lowest BCUT2D eigenvalue weighted by Crippen LogP contribution is -2.49. The summed E-state index contributed by atoms with van der Waals surface area (Å²) in [4.78, 5) is 52.7. The summed E-state index contributed by atoms with van der Waals surface area (Å²) in [5, 5.41) is 2.48.